The Kier molecular flexibility index (Phi) is 5.31. The minimum atomic E-state index is -3.26. The third-order valence-electron chi connectivity index (χ3n) is 2.74. The van der Waals surface area contributed by atoms with Crippen molar-refractivity contribution in [2.45, 2.75) is 45.6 Å². The lowest BCUT2D eigenvalue weighted by atomic mass is 10.00. The van der Waals surface area contributed by atoms with Crippen molar-refractivity contribution in [2.24, 2.45) is 0 Å². The summed E-state index contributed by atoms with van der Waals surface area (Å²) in [6.45, 7) is 6.00. The number of carbonyl (C=O) groups excluding carboxylic acids is 2. The highest BCUT2D eigenvalue weighted by Gasteiger charge is 2.43. The van der Waals surface area contributed by atoms with Crippen LogP contribution in [0, 0.1) is 0 Å². The van der Waals surface area contributed by atoms with Gasteiger partial charge in [-0.3, -0.25) is 0 Å². The zero-order valence-corrected chi connectivity index (χ0v) is 12.7. The first-order valence-corrected chi connectivity index (χ1v) is 6.78. The van der Waals surface area contributed by atoms with Gasteiger partial charge in [0, 0.05) is 18.2 Å². The standard InChI is InChI=1S/C14H21F2NO4/c1-5-20-11(18)8-10-6-7-17(9-14(10,15)16)12(19)21-13(2,3)4/h8H,5-7,9H2,1-4H3/b10-8-. The van der Waals surface area contributed by atoms with Gasteiger partial charge in [0.1, 0.15) is 5.60 Å². The Morgan fingerprint density at radius 2 is 2.00 bits per heavy atom. The van der Waals surface area contributed by atoms with Crippen molar-refractivity contribution in [1.82, 2.24) is 4.90 Å². The number of likely N-dealkylation sites (tertiary alicyclic amines) is 1. The normalized spacial score (nSPS) is 20.3. The van der Waals surface area contributed by atoms with Gasteiger partial charge in [0.05, 0.1) is 13.2 Å². The lowest BCUT2D eigenvalue weighted by Gasteiger charge is -2.35. The van der Waals surface area contributed by atoms with Gasteiger partial charge in [-0.1, -0.05) is 0 Å². The van der Waals surface area contributed by atoms with Gasteiger partial charge < -0.3 is 14.4 Å². The van der Waals surface area contributed by atoms with E-state index in [1.54, 1.807) is 27.7 Å². The molecule has 5 nitrogen and oxygen atoms in total. The van der Waals surface area contributed by atoms with Gasteiger partial charge >= 0.3 is 12.1 Å². The SMILES string of the molecule is CCOC(=O)/C=C1/CCN(C(=O)OC(C)(C)C)CC1(F)F. The van der Waals surface area contributed by atoms with E-state index in [4.69, 9.17) is 4.74 Å². The average molecular weight is 305 g/mol. The second-order valence-corrected chi connectivity index (χ2v) is 5.78. The first-order valence-electron chi connectivity index (χ1n) is 6.78. The molecular formula is C14H21F2NO4. The Bertz CT molecular complexity index is 441. The van der Waals surface area contributed by atoms with Gasteiger partial charge in [-0.2, -0.15) is 8.78 Å². The molecule has 0 radical (unpaired) electrons. The highest BCUT2D eigenvalue weighted by molar-refractivity contribution is 5.83. The number of ether oxygens (including phenoxy) is 2. The Hall–Kier alpha value is -1.66. The summed E-state index contributed by atoms with van der Waals surface area (Å²) in [6, 6.07) is 0. The summed E-state index contributed by atoms with van der Waals surface area (Å²) in [5.74, 6) is -4.06. The predicted octanol–water partition coefficient (Wildman–Crippen LogP) is 2.75. The average Bonchev–Trinajstić information content (AvgIpc) is 2.29. The molecule has 1 rings (SSSR count). The summed E-state index contributed by atoms with van der Waals surface area (Å²) >= 11 is 0. The maximum Gasteiger partial charge on any atom is 0.410 e. The molecule has 1 aliphatic rings. The Labute approximate surface area is 122 Å². The lowest BCUT2D eigenvalue weighted by Crippen LogP contribution is -2.48. The molecule has 1 aliphatic heterocycles. The van der Waals surface area contributed by atoms with Crippen molar-refractivity contribution < 1.29 is 27.8 Å². The van der Waals surface area contributed by atoms with E-state index in [2.05, 4.69) is 4.74 Å². The molecule has 0 saturated carbocycles. The molecule has 1 saturated heterocycles. The van der Waals surface area contributed by atoms with Crippen molar-refractivity contribution in [3.05, 3.63) is 11.6 Å². The van der Waals surface area contributed by atoms with Crippen LogP contribution in [0.4, 0.5) is 13.6 Å². The third kappa shape index (κ3) is 5.32. The van der Waals surface area contributed by atoms with Gasteiger partial charge in [-0.15, -0.1) is 0 Å². The van der Waals surface area contributed by atoms with Crippen LogP contribution in [0.1, 0.15) is 34.1 Å². The number of hydrogen-bond acceptors (Lipinski definition) is 4. The van der Waals surface area contributed by atoms with Crippen LogP contribution in [0.5, 0.6) is 0 Å². The van der Waals surface area contributed by atoms with Crippen molar-refractivity contribution in [3.8, 4) is 0 Å². The van der Waals surface area contributed by atoms with Crippen LogP contribution in [-0.4, -0.2) is 48.2 Å². The molecule has 0 aromatic heterocycles. The van der Waals surface area contributed by atoms with Crippen molar-refractivity contribution >= 4 is 12.1 Å². The molecule has 0 aromatic carbocycles. The first-order chi connectivity index (χ1) is 9.55. The second kappa shape index (κ2) is 6.41. The minimum Gasteiger partial charge on any atom is -0.463 e. The fraction of sp³-hybridized carbons (Fsp3) is 0.714. The zero-order valence-electron chi connectivity index (χ0n) is 12.7. The van der Waals surface area contributed by atoms with Gasteiger partial charge in [-0.05, 0) is 34.1 Å². The number of piperidine rings is 1. The Morgan fingerprint density at radius 1 is 1.38 bits per heavy atom. The maximum absolute atomic E-state index is 14.0. The molecule has 0 aliphatic carbocycles. The summed E-state index contributed by atoms with van der Waals surface area (Å²) in [6.07, 6.45) is -0.0570. The second-order valence-electron chi connectivity index (χ2n) is 5.78. The molecular weight excluding hydrogens is 284 g/mol. The van der Waals surface area contributed by atoms with Crippen LogP contribution in [0.15, 0.2) is 11.6 Å². The quantitative estimate of drug-likeness (QED) is 0.581. The van der Waals surface area contributed by atoms with Crippen molar-refractivity contribution in [2.75, 3.05) is 19.7 Å². The minimum absolute atomic E-state index is 0.0791. The van der Waals surface area contributed by atoms with Crippen LogP contribution in [0.25, 0.3) is 0 Å². The number of hydrogen-bond donors (Lipinski definition) is 0. The molecule has 0 unspecified atom stereocenters. The number of esters is 1. The van der Waals surface area contributed by atoms with E-state index in [0.717, 1.165) is 11.0 Å². The first kappa shape index (κ1) is 17.4. The van der Waals surface area contributed by atoms with Crippen LogP contribution in [0.3, 0.4) is 0 Å². The van der Waals surface area contributed by atoms with Crippen LogP contribution >= 0.6 is 0 Å². The summed E-state index contributed by atoms with van der Waals surface area (Å²) in [5, 5.41) is 0. The fourth-order valence-electron chi connectivity index (χ4n) is 1.84. The molecule has 0 aromatic rings. The van der Waals surface area contributed by atoms with Crippen LogP contribution in [0.2, 0.25) is 0 Å². The van der Waals surface area contributed by atoms with E-state index in [1.807, 2.05) is 0 Å². The lowest BCUT2D eigenvalue weighted by molar-refractivity contribution is -0.137. The Morgan fingerprint density at radius 3 is 2.48 bits per heavy atom. The van der Waals surface area contributed by atoms with E-state index in [-0.39, 0.29) is 25.1 Å². The van der Waals surface area contributed by atoms with Gasteiger partial charge in [0.15, 0.2) is 0 Å². The van der Waals surface area contributed by atoms with Gasteiger partial charge in [0.25, 0.3) is 5.92 Å². The highest BCUT2D eigenvalue weighted by Crippen LogP contribution is 2.33. The topological polar surface area (TPSA) is 55.8 Å². The van der Waals surface area contributed by atoms with Crippen molar-refractivity contribution in [3.63, 3.8) is 0 Å². The highest BCUT2D eigenvalue weighted by atomic mass is 19.3. The summed E-state index contributed by atoms with van der Waals surface area (Å²) < 4.78 is 37.7. The number of nitrogens with zero attached hydrogens (tertiary/aromatic N) is 1. The van der Waals surface area contributed by atoms with Gasteiger partial charge in [0.2, 0.25) is 0 Å². The Balaban J connectivity index is 2.74. The molecule has 120 valence electrons. The summed E-state index contributed by atoms with van der Waals surface area (Å²) in [4.78, 5) is 24.0. The number of alkyl halides is 2. The van der Waals surface area contributed by atoms with Crippen molar-refractivity contribution in [1.29, 1.82) is 0 Å². The van der Waals surface area contributed by atoms with E-state index in [1.165, 1.54) is 0 Å². The monoisotopic (exact) mass is 305 g/mol. The molecule has 21 heavy (non-hydrogen) atoms. The predicted molar refractivity (Wildman–Crippen MR) is 72.1 cm³/mol. The summed E-state index contributed by atoms with van der Waals surface area (Å²) in [7, 11) is 0. The fourth-order valence-corrected chi connectivity index (χ4v) is 1.84. The zero-order chi connectivity index (χ0) is 16.3. The van der Waals surface area contributed by atoms with Crippen LogP contribution in [-0.2, 0) is 14.3 Å². The summed E-state index contributed by atoms with van der Waals surface area (Å²) in [5.41, 5.74) is -1.06. The van der Waals surface area contributed by atoms with Gasteiger partial charge in [-0.25, -0.2) is 9.59 Å². The number of rotatable bonds is 2. The molecule has 0 bridgehead atoms. The maximum atomic E-state index is 14.0. The molecule has 0 N–H and O–H groups in total. The molecule has 7 heteroatoms. The number of amides is 1. The smallest absolute Gasteiger partial charge is 0.410 e. The number of carbonyl (C=O) groups is 2. The largest absolute Gasteiger partial charge is 0.463 e. The molecule has 1 heterocycles. The molecule has 1 fully saturated rings. The van der Waals surface area contributed by atoms with E-state index in [9.17, 15) is 18.4 Å². The van der Waals surface area contributed by atoms with Crippen LogP contribution < -0.4 is 0 Å². The van der Waals surface area contributed by atoms with E-state index in [0.29, 0.717) is 0 Å². The third-order valence-corrected chi connectivity index (χ3v) is 2.74. The molecule has 0 spiro atoms. The van der Waals surface area contributed by atoms with E-state index >= 15 is 0 Å². The molecule has 1 amide bonds. The molecule has 0 atom stereocenters. The van der Waals surface area contributed by atoms with E-state index < -0.39 is 30.1 Å². The number of halogens is 2.